The summed E-state index contributed by atoms with van der Waals surface area (Å²) in [5.41, 5.74) is 5.45. The zero-order valence-corrected chi connectivity index (χ0v) is 13.7. The highest BCUT2D eigenvalue weighted by Gasteiger charge is 2.42. The zero-order chi connectivity index (χ0) is 17.2. The van der Waals surface area contributed by atoms with Crippen molar-refractivity contribution < 1.29 is 51.2 Å². The number of nitrogens with two attached hydrogens (primary N) is 1. The van der Waals surface area contributed by atoms with Crippen molar-refractivity contribution in [2.45, 2.75) is 18.5 Å². The third kappa shape index (κ3) is 7.31. The van der Waals surface area contributed by atoms with Gasteiger partial charge in [-0.2, -0.15) is 8.62 Å². The van der Waals surface area contributed by atoms with Crippen molar-refractivity contribution >= 4 is 31.3 Å². The van der Waals surface area contributed by atoms with Gasteiger partial charge in [0.2, 0.25) is 0 Å². The van der Waals surface area contributed by atoms with Gasteiger partial charge in [-0.1, -0.05) is 0 Å². The number of hydrogen-bond donors (Lipinski definition) is 5. The summed E-state index contributed by atoms with van der Waals surface area (Å²) in [6.07, 6.45) is -0.356. The molecule has 1 saturated heterocycles. The lowest BCUT2D eigenvalue weighted by molar-refractivity contribution is 0.0258. The highest BCUT2D eigenvalue weighted by Crippen LogP contribution is 2.66. The Bertz CT molecular complexity index is 524. The van der Waals surface area contributed by atoms with Crippen molar-refractivity contribution in [1.82, 2.24) is 0 Å². The Balaban J connectivity index is 2.59. The Morgan fingerprint density at radius 3 is 2.23 bits per heavy atom. The molecule has 1 heterocycles. The lowest BCUT2D eigenvalue weighted by Gasteiger charge is -2.20. The molecule has 0 aromatic heterocycles. The third-order valence-corrected chi connectivity index (χ3v) is 6.33. The fraction of sp³-hybridized carbons (Fsp3) is 1.00. The van der Waals surface area contributed by atoms with Gasteiger partial charge in [0.25, 0.3) is 0 Å². The fourth-order valence-corrected chi connectivity index (χ4v) is 4.77. The molecule has 0 spiro atoms. The van der Waals surface area contributed by atoms with Crippen LogP contribution in [0.15, 0.2) is 0 Å². The van der Waals surface area contributed by atoms with E-state index in [9.17, 15) is 18.6 Å². The van der Waals surface area contributed by atoms with Crippen molar-refractivity contribution in [2.75, 3.05) is 13.2 Å². The smallest absolute Gasteiger partial charge is 0.382 e. The summed E-state index contributed by atoms with van der Waals surface area (Å²) in [6, 6.07) is -0.636. The first-order valence-corrected chi connectivity index (χ1v) is 10.2. The molecule has 12 nitrogen and oxygen atoms in total. The topological polar surface area (TPSA) is 195 Å². The fourth-order valence-electron chi connectivity index (χ4n) is 1.74. The molecule has 1 fully saturated rings. The van der Waals surface area contributed by atoms with Crippen LogP contribution in [0, 0.1) is 5.92 Å². The molecule has 22 heavy (non-hydrogen) atoms. The molecule has 0 aromatic carbocycles. The second-order valence-electron chi connectivity index (χ2n) is 4.33. The average Bonchev–Trinajstić information content (AvgIpc) is 2.62. The summed E-state index contributed by atoms with van der Waals surface area (Å²) in [7, 11) is -10.6. The summed E-state index contributed by atoms with van der Waals surface area (Å²) < 4.78 is 49.7. The lowest BCUT2D eigenvalue weighted by Crippen LogP contribution is -2.27. The van der Waals surface area contributed by atoms with Crippen LogP contribution in [0.3, 0.4) is 0 Å². The van der Waals surface area contributed by atoms with E-state index in [0.717, 1.165) is 0 Å². The largest absolute Gasteiger partial charge is 0.490 e. The molecule has 0 saturated carbocycles. The van der Waals surface area contributed by atoms with Crippen molar-refractivity contribution in [3.05, 3.63) is 0 Å². The van der Waals surface area contributed by atoms with Gasteiger partial charge in [0, 0.05) is 11.9 Å². The van der Waals surface area contributed by atoms with Crippen LogP contribution in [0.25, 0.3) is 0 Å². The molecule has 0 aromatic rings. The van der Waals surface area contributed by atoms with Gasteiger partial charge in [0.1, 0.15) is 7.85 Å². The highest BCUT2D eigenvalue weighted by molar-refractivity contribution is 7.66. The molecule has 3 unspecified atom stereocenters. The van der Waals surface area contributed by atoms with Gasteiger partial charge in [-0.25, -0.2) is 13.7 Å². The monoisotopic (exact) mass is 381 g/mol. The molecule has 0 amide bonds. The molecule has 6 N–H and O–H groups in total. The number of phosphoric acid groups is 3. The van der Waals surface area contributed by atoms with Gasteiger partial charge < -0.3 is 30.0 Å². The van der Waals surface area contributed by atoms with E-state index < -0.39 is 42.2 Å². The second kappa shape index (κ2) is 7.52. The van der Waals surface area contributed by atoms with Crippen molar-refractivity contribution in [3.8, 4) is 0 Å². The first kappa shape index (κ1) is 20.4. The van der Waals surface area contributed by atoms with E-state index in [2.05, 4.69) is 13.1 Å². The minimum atomic E-state index is -5.52. The van der Waals surface area contributed by atoms with E-state index in [0.29, 0.717) is 6.42 Å². The molecule has 2 radical (unpaired) electrons. The maximum absolute atomic E-state index is 11.5. The summed E-state index contributed by atoms with van der Waals surface area (Å²) in [5, 5.41) is 0. The molecular weight excluding hydrogens is 366 g/mol. The van der Waals surface area contributed by atoms with Crippen LogP contribution in [0.2, 0.25) is 0 Å². The summed E-state index contributed by atoms with van der Waals surface area (Å²) in [4.78, 5) is 34.9. The number of hydrogen-bond acceptors (Lipinski definition) is 8. The Morgan fingerprint density at radius 1 is 1.14 bits per heavy atom. The van der Waals surface area contributed by atoms with Crippen LogP contribution >= 0.6 is 23.5 Å². The molecule has 0 aliphatic carbocycles. The van der Waals surface area contributed by atoms with Gasteiger partial charge in [0.05, 0.1) is 12.7 Å². The van der Waals surface area contributed by atoms with E-state index in [-0.39, 0.29) is 12.5 Å². The van der Waals surface area contributed by atoms with E-state index in [1.807, 2.05) is 0 Å². The molecule has 1 aliphatic heterocycles. The average molecular weight is 381 g/mol. The maximum atomic E-state index is 11.5. The minimum Gasteiger partial charge on any atom is -0.382 e. The quantitative estimate of drug-likeness (QED) is 0.259. The van der Waals surface area contributed by atoms with Crippen molar-refractivity contribution in [2.24, 2.45) is 11.7 Å². The second-order valence-corrected chi connectivity index (χ2v) is 8.75. The number of ether oxygens (including phenoxy) is 1. The summed E-state index contributed by atoms with van der Waals surface area (Å²) in [5.74, 6) is -0.262. The van der Waals surface area contributed by atoms with E-state index in [1.54, 1.807) is 0 Å². The summed E-state index contributed by atoms with van der Waals surface area (Å²) in [6.45, 7) is -0.378. The minimum absolute atomic E-state index is 0.165. The lowest BCUT2D eigenvalue weighted by atomic mass is 9.91. The summed E-state index contributed by atoms with van der Waals surface area (Å²) >= 11 is 0. The Labute approximate surface area is 126 Å². The molecule has 16 heteroatoms. The van der Waals surface area contributed by atoms with Gasteiger partial charge in [0.15, 0.2) is 0 Å². The Morgan fingerprint density at radius 2 is 1.73 bits per heavy atom. The van der Waals surface area contributed by atoms with E-state index in [1.165, 1.54) is 0 Å². The van der Waals surface area contributed by atoms with Crippen LogP contribution in [0.1, 0.15) is 6.42 Å². The van der Waals surface area contributed by atoms with Crippen LogP contribution in [-0.4, -0.2) is 52.7 Å². The standard InChI is InChI=1S/C6H15BNO11P3/c7-6-1-4(2-8)5(17-6)3-16-21(12,13)19-22(14,15)18-20(9,10)11/h4-6H,1-3,8H2,(H,12,13)(H,14,15)(H2,9,10,11)/t4?,5-,6-/m1/s1. The maximum Gasteiger partial charge on any atom is 0.490 e. The van der Waals surface area contributed by atoms with Crippen LogP contribution in [0.4, 0.5) is 0 Å². The zero-order valence-electron chi connectivity index (χ0n) is 11.0. The molecular formula is C6H15BNO11P3. The number of phosphoric ester groups is 1. The molecule has 1 rings (SSSR count). The Kier molecular flexibility index (Phi) is 6.99. The SMILES string of the molecule is [B][C@H]1CC(CN)[C@@H](COP(=O)(O)OP(=O)(O)OP(=O)(O)O)O1. The predicted molar refractivity (Wildman–Crippen MR) is 71.4 cm³/mol. The Hall–Kier alpha value is 0.395. The normalized spacial score (nSPS) is 31.6. The van der Waals surface area contributed by atoms with Gasteiger partial charge in [-0.15, -0.1) is 0 Å². The van der Waals surface area contributed by atoms with Crippen molar-refractivity contribution in [1.29, 1.82) is 0 Å². The van der Waals surface area contributed by atoms with E-state index in [4.69, 9.17) is 33.0 Å². The molecule has 128 valence electrons. The molecule has 5 atom stereocenters. The first-order chi connectivity index (χ1) is 9.84. The van der Waals surface area contributed by atoms with E-state index >= 15 is 0 Å². The van der Waals surface area contributed by atoms with Crippen LogP contribution in [-0.2, 0) is 31.6 Å². The first-order valence-electron chi connectivity index (χ1n) is 5.73. The van der Waals surface area contributed by atoms with Crippen LogP contribution in [0.5, 0.6) is 0 Å². The van der Waals surface area contributed by atoms with Crippen molar-refractivity contribution in [3.63, 3.8) is 0 Å². The van der Waals surface area contributed by atoms with Gasteiger partial charge in [-0.3, -0.25) is 4.52 Å². The molecule has 1 aliphatic rings. The van der Waals surface area contributed by atoms with Crippen LogP contribution < -0.4 is 5.73 Å². The van der Waals surface area contributed by atoms with Gasteiger partial charge >= 0.3 is 23.5 Å². The predicted octanol–water partition coefficient (Wildman–Crippen LogP) is -0.812. The van der Waals surface area contributed by atoms with Gasteiger partial charge in [-0.05, 0) is 13.0 Å². The number of rotatable bonds is 8. The molecule has 0 bridgehead atoms. The highest BCUT2D eigenvalue weighted by atomic mass is 31.3. The third-order valence-electron chi connectivity index (χ3n) is 2.53.